The molecule has 0 radical (unpaired) electrons. The van der Waals surface area contributed by atoms with Crippen LogP contribution in [0.4, 0.5) is 8.78 Å². The smallest absolute Gasteiger partial charge is 0.162 e. The highest BCUT2D eigenvalue weighted by Crippen LogP contribution is 2.37. The number of aromatic nitrogens is 1. The molecule has 0 amide bonds. The number of halogens is 2. The Morgan fingerprint density at radius 3 is 2.31 bits per heavy atom. The third kappa shape index (κ3) is 5.83. The molecular weight excluding hydrogens is 468 g/mol. The molecule has 0 aliphatic rings. The van der Waals surface area contributed by atoms with Crippen molar-refractivity contribution in [3.63, 3.8) is 0 Å². The van der Waals surface area contributed by atoms with Crippen molar-refractivity contribution in [3.05, 3.63) is 89.6 Å². The van der Waals surface area contributed by atoms with Gasteiger partial charge in [-0.15, -0.1) is 0 Å². The Labute approximate surface area is 206 Å². The zero-order chi connectivity index (χ0) is 25.7. The van der Waals surface area contributed by atoms with Crippen LogP contribution in [0.1, 0.15) is 17.5 Å². The fourth-order valence-electron chi connectivity index (χ4n) is 3.83. The lowest BCUT2D eigenvalue weighted by molar-refractivity contribution is -0.126. The van der Waals surface area contributed by atoms with E-state index in [1.807, 2.05) is 0 Å². The third-order valence-electron chi connectivity index (χ3n) is 5.53. The van der Waals surface area contributed by atoms with Gasteiger partial charge in [0.15, 0.2) is 11.5 Å². The van der Waals surface area contributed by atoms with Gasteiger partial charge in [-0.2, -0.15) is 0 Å². The molecule has 0 aliphatic carbocycles. The van der Waals surface area contributed by atoms with Gasteiger partial charge in [0.2, 0.25) is 0 Å². The highest BCUT2D eigenvalue weighted by molar-refractivity contribution is 6.00. The van der Waals surface area contributed by atoms with E-state index in [-0.39, 0.29) is 36.4 Å². The van der Waals surface area contributed by atoms with Crippen molar-refractivity contribution in [2.45, 2.75) is 19.3 Å². The van der Waals surface area contributed by atoms with Gasteiger partial charge in [-0.3, -0.25) is 14.6 Å². The molecular formula is C28H23F2NO5. The summed E-state index contributed by atoms with van der Waals surface area (Å²) in [6.07, 6.45) is 0.905. The second-order valence-corrected chi connectivity index (χ2v) is 8.13. The van der Waals surface area contributed by atoms with Crippen LogP contribution >= 0.6 is 0 Å². The summed E-state index contributed by atoms with van der Waals surface area (Å²) in [6, 6.07) is 14.9. The molecule has 6 nitrogen and oxygen atoms in total. The average molecular weight is 491 g/mol. The second-order valence-electron chi connectivity index (χ2n) is 8.13. The van der Waals surface area contributed by atoms with Crippen LogP contribution < -0.4 is 14.2 Å². The summed E-state index contributed by atoms with van der Waals surface area (Å²) in [6.45, 7) is 0. The van der Waals surface area contributed by atoms with E-state index in [0.29, 0.717) is 33.7 Å². The summed E-state index contributed by atoms with van der Waals surface area (Å²) in [5.74, 6) is -0.183. The lowest BCUT2D eigenvalue weighted by atomic mass is 10.0. The van der Waals surface area contributed by atoms with Crippen molar-refractivity contribution in [2.24, 2.45) is 0 Å². The first-order chi connectivity index (χ1) is 17.4. The van der Waals surface area contributed by atoms with Gasteiger partial charge in [-0.05, 0) is 41.5 Å². The van der Waals surface area contributed by atoms with Crippen molar-refractivity contribution in [1.82, 2.24) is 4.98 Å². The summed E-state index contributed by atoms with van der Waals surface area (Å²) >= 11 is 0. The molecule has 0 spiro atoms. The summed E-state index contributed by atoms with van der Waals surface area (Å²) in [5.41, 5.74) is 1.24. The van der Waals surface area contributed by atoms with E-state index < -0.39 is 17.4 Å². The van der Waals surface area contributed by atoms with E-state index in [4.69, 9.17) is 14.2 Å². The molecule has 0 saturated heterocycles. The number of methoxy groups -OCH3 is 2. The predicted octanol–water partition coefficient (Wildman–Crippen LogP) is 5.64. The van der Waals surface area contributed by atoms with Crippen LogP contribution in [-0.2, 0) is 22.4 Å². The normalized spacial score (nSPS) is 10.8. The van der Waals surface area contributed by atoms with Crippen LogP contribution in [0.3, 0.4) is 0 Å². The van der Waals surface area contributed by atoms with Gasteiger partial charge in [0.1, 0.15) is 34.7 Å². The van der Waals surface area contributed by atoms with Gasteiger partial charge >= 0.3 is 0 Å². The second kappa shape index (κ2) is 10.9. The molecule has 0 aliphatic heterocycles. The first-order valence-electron chi connectivity index (χ1n) is 11.1. The minimum Gasteiger partial charge on any atom is -0.493 e. The average Bonchev–Trinajstić information content (AvgIpc) is 2.85. The first-order valence-corrected chi connectivity index (χ1v) is 11.1. The monoisotopic (exact) mass is 491 g/mol. The number of pyridine rings is 1. The number of carbonyl (C=O) groups is 2. The molecule has 0 atom stereocenters. The number of hydrogen-bond donors (Lipinski definition) is 0. The lowest BCUT2D eigenvalue weighted by Crippen LogP contribution is -2.13. The van der Waals surface area contributed by atoms with Crippen molar-refractivity contribution in [1.29, 1.82) is 0 Å². The van der Waals surface area contributed by atoms with Crippen LogP contribution in [0.2, 0.25) is 0 Å². The van der Waals surface area contributed by atoms with E-state index in [1.54, 1.807) is 36.5 Å². The number of nitrogens with zero attached hydrogens (tertiary/aromatic N) is 1. The highest BCUT2D eigenvalue weighted by atomic mass is 19.1. The van der Waals surface area contributed by atoms with Gasteiger partial charge in [0, 0.05) is 36.6 Å². The van der Waals surface area contributed by atoms with Crippen LogP contribution in [-0.4, -0.2) is 30.8 Å². The Morgan fingerprint density at radius 1 is 0.833 bits per heavy atom. The highest BCUT2D eigenvalue weighted by Gasteiger charge is 2.16. The SMILES string of the molecule is COc1cc2nccc(Oc3ccc(CC(=O)CC(=O)Cc4cccc(F)c4)c(F)c3)c2cc1OC. The van der Waals surface area contributed by atoms with Crippen LogP contribution in [0.25, 0.3) is 10.9 Å². The van der Waals surface area contributed by atoms with E-state index in [9.17, 15) is 18.4 Å². The summed E-state index contributed by atoms with van der Waals surface area (Å²) < 4.78 is 44.6. The molecule has 0 unspecified atom stereocenters. The van der Waals surface area contributed by atoms with Crippen molar-refractivity contribution >= 4 is 22.5 Å². The van der Waals surface area contributed by atoms with Crippen molar-refractivity contribution in [3.8, 4) is 23.0 Å². The van der Waals surface area contributed by atoms with Gasteiger partial charge in [0.25, 0.3) is 0 Å². The number of carbonyl (C=O) groups excluding carboxylic acids is 2. The van der Waals surface area contributed by atoms with Gasteiger partial charge < -0.3 is 14.2 Å². The molecule has 0 N–H and O–H groups in total. The molecule has 3 aromatic carbocycles. The summed E-state index contributed by atoms with van der Waals surface area (Å²) in [4.78, 5) is 28.8. The maximum absolute atomic E-state index is 14.8. The van der Waals surface area contributed by atoms with Crippen LogP contribution in [0.5, 0.6) is 23.0 Å². The maximum atomic E-state index is 14.8. The number of ketones is 2. The summed E-state index contributed by atoms with van der Waals surface area (Å²) in [5, 5.41) is 0.645. The number of ether oxygens (including phenoxy) is 3. The standard InChI is InChI=1S/C28H23F2NO5/c1-34-27-15-23-25(16-28(27)35-2)31-9-8-26(23)36-22-7-6-18(24(30)14-22)12-21(33)13-20(32)11-17-4-3-5-19(29)10-17/h3-10,14-16H,11-13H2,1-2H3. The van der Waals surface area contributed by atoms with Gasteiger partial charge in [0.05, 0.1) is 26.2 Å². The van der Waals surface area contributed by atoms with Crippen LogP contribution in [0, 0.1) is 11.6 Å². The number of benzene rings is 3. The van der Waals surface area contributed by atoms with Crippen LogP contribution in [0.15, 0.2) is 66.9 Å². The minimum absolute atomic E-state index is 0.0602. The van der Waals surface area contributed by atoms with Crippen molar-refractivity contribution < 1.29 is 32.6 Å². The number of fused-ring (bicyclic) bond motifs is 1. The van der Waals surface area contributed by atoms with Gasteiger partial charge in [-0.1, -0.05) is 18.2 Å². The lowest BCUT2D eigenvalue weighted by Gasteiger charge is -2.13. The topological polar surface area (TPSA) is 74.7 Å². The zero-order valence-corrected chi connectivity index (χ0v) is 19.7. The minimum atomic E-state index is -0.629. The Hall–Kier alpha value is -4.33. The van der Waals surface area contributed by atoms with E-state index in [1.165, 1.54) is 44.6 Å². The largest absolute Gasteiger partial charge is 0.493 e. The molecule has 0 bridgehead atoms. The third-order valence-corrected chi connectivity index (χ3v) is 5.53. The van der Waals surface area contributed by atoms with E-state index in [2.05, 4.69) is 4.98 Å². The molecule has 1 aromatic heterocycles. The zero-order valence-electron chi connectivity index (χ0n) is 19.7. The Balaban J connectivity index is 1.44. The number of rotatable bonds is 10. The molecule has 4 rings (SSSR count). The summed E-state index contributed by atoms with van der Waals surface area (Å²) in [7, 11) is 3.05. The number of hydrogen-bond acceptors (Lipinski definition) is 6. The van der Waals surface area contributed by atoms with Gasteiger partial charge in [-0.25, -0.2) is 8.78 Å². The fraction of sp³-hybridized carbons (Fsp3) is 0.179. The molecule has 8 heteroatoms. The molecule has 4 aromatic rings. The molecule has 0 fully saturated rings. The Morgan fingerprint density at radius 2 is 1.58 bits per heavy atom. The molecule has 36 heavy (non-hydrogen) atoms. The molecule has 0 saturated carbocycles. The molecule has 184 valence electrons. The number of Topliss-reactive ketones (excluding diaryl/α,β-unsaturated/α-hetero) is 2. The van der Waals surface area contributed by atoms with Crippen molar-refractivity contribution in [2.75, 3.05) is 14.2 Å². The van der Waals surface area contributed by atoms with E-state index >= 15 is 0 Å². The Kier molecular flexibility index (Phi) is 7.53. The Bertz CT molecular complexity index is 1440. The first kappa shape index (κ1) is 24.8. The molecule has 1 heterocycles. The fourth-order valence-corrected chi connectivity index (χ4v) is 3.83. The quantitative estimate of drug-likeness (QED) is 0.268. The predicted molar refractivity (Wildman–Crippen MR) is 130 cm³/mol. The van der Waals surface area contributed by atoms with E-state index in [0.717, 1.165) is 0 Å². The maximum Gasteiger partial charge on any atom is 0.162 e.